The minimum absolute atomic E-state index is 0.107. The molecule has 2 heterocycles. The Bertz CT molecular complexity index is 766. The van der Waals surface area contributed by atoms with Crippen LogP contribution in [0.25, 0.3) is 0 Å². The first-order valence-electron chi connectivity index (χ1n) is 9.28. The Labute approximate surface area is 153 Å². The van der Waals surface area contributed by atoms with Gasteiger partial charge in [0.1, 0.15) is 6.10 Å². The van der Waals surface area contributed by atoms with Crippen LogP contribution in [0.4, 0.5) is 5.69 Å². The maximum Gasteiger partial charge on any atom is 0.269 e. The highest BCUT2D eigenvalue weighted by Gasteiger charge is 2.39. The SMILES string of the molecule is CN1[C@@H]2CC[C@H]1CC(OC(c1ccccc1)c1cccc([N+](=O)[O-])c1)C2. The van der Waals surface area contributed by atoms with Crippen molar-refractivity contribution in [2.75, 3.05) is 7.05 Å². The molecule has 0 spiro atoms. The Morgan fingerprint density at radius 2 is 1.69 bits per heavy atom. The number of piperidine rings is 1. The third-order valence-corrected chi connectivity index (χ3v) is 5.87. The summed E-state index contributed by atoms with van der Waals surface area (Å²) in [5, 5.41) is 11.2. The van der Waals surface area contributed by atoms with Crippen molar-refractivity contribution in [2.24, 2.45) is 0 Å². The lowest BCUT2D eigenvalue weighted by Gasteiger charge is -2.37. The van der Waals surface area contributed by atoms with Crippen LogP contribution in [-0.4, -0.2) is 35.1 Å². The van der Waals surface area contributed by atoms with E-state index in [1.807, 2.05) is 36.4 Å². The summed E-state index contributed by atoms with van der Waals surface area (Å²) in [6.45, 7) is 0. The largest absolute Gasteiger partial charge is 0.365 e. The predicted molar refractivity (Wildman–Crippen MR) is 100 cm³/mol. The maximum atomic E-state index is 11.2. The first kappa shape index (κ1) is 17.2. The molecule has 0 aliphatic carbocycles. The smallest absolute Gasteiger partial charge is 0.269 e. The van der Waals surface area contributed by atoms with E-state index in [2.05, 4.69) is 11.9 Å². The van der Waals surface area contributed by atoms with Gasteiger partial charge in [-0.05, 0) is 43.9 Å². The topological polar surface area (TPSA) is 55.6 Å². The molecule has 0 N–H and O–H groups in total. The van der Waals surface area contributed by atoms with E-state index in [0.29, 0.717) is 12.1 Å². The van der Waals surface area contributed by atoms with Gasteiger partial charge < -0.3 is 9.64 Å². The van der Waals surface area contributed by atoms with Gasteiger partial charge in [0, 0.05) is 24.2 Å². The Hall–Kier alpha value is -2.24. The summed E-state index contributed by atoms with van der Waals surface area (Å²) in [6.07, 6.45) is 4.47. The molecule has 5 nitrogen and oxygen atoms in total. The second-order valence-corrected chi connectivity index (χ2v) is 7.42. The van der Waals surface area contributed by atoms with E-state index in [1.165, 1.54) is 18.9 Å². The maximum absolute atomic E-state index is 11.2. The standard InChI is InChI=1S/C21H24N2O3/c1-22-17-10-11-18(22)14-20(13-17)26-21(15-6-3-2-4-7-15)16-8-5-9-19(12-16)23(24)25/h2-9,12,17-18,20-21H,10-11,13-14H2,1H3/t17-,18+,20?,21?. The first-order valence-corrected chi connectivity index (χ1v) is 9.28. The molecule has 0 radical (unpaired) electrons. The van der Waals surface area contributed by atoms with E-state index < -0.39 is 0 Å². The van der Waals surface area contributed by atoms with Crippen molar-refractivity contribution >= 4 is 5.69 Å². The van der Waals surface area contributed by atoms with Crippen molar-refractivity contribution < 1.29 is 9.66 Å². The molecule has 0 amide bonds. The Kier molecular flexibility index (Phi) is 4.74. The summed E-state index contributed by atoms with van der Waals surface area (Å²) >= 11 is 0. The van der Waals surface area contributed by atoms with Crippen LogP contribution in [-0.2, 0) is 4.74 Å². The number of benzene rings is 2. The van der Waals surface area contributed by atoms with Gasteiger partial charge in [0.2, 0.25) is 0 Å². The summed E-state index contributed by atoms with van der Waals surface area (Å²) in [6, 6.07) is 18.1. The monoisotopic (exact) mass is 352 g/mol. The summed E-state index contributed by atoms with van der Waals surface area (Å²) in [4.78, 5) is 13.3. The Balaban J connectivity index is 1.62. The predicted octanol–water partition coefficient (Wildman–Crippen LogP) is 4.33. The van der Waals surface area contributed by atoms with Crippen molar-refractivity contribution in [3.63, 3.8) is 0 Å². The van der Waals surface area contributed by atoms with Gasteiger partial charge in [-0.3, -0.25) is 10.1 Å². The fraction of sp³-hybridized carbons (Fsp3) is 0.429. The van der Waals surface area contributed by atoms with E-state index in [9.17, 15) is 10.1 Å². The molecule has 26 heavy (non-hydrogen) atoms. The highest BCUT2D eigenvalue weighted by molar-refractivity contribution is 5.39. The number of nitrogens with zero attached hydrogens (tertiary/aromatic N) is 2. The second-order valence-electron chi connectivity index (χ2n) is 7.42. The van der Waals surface area contributed by atoms with Gasteiger partial charge in [-0.1, -0.05) is 42.5 Å². The Morgan fingerprint density at radius 1 is 1.04 bits per heavy atom. The lowest BCUT2D eigenvalue weighted by molar-refractivity contribution is -0.385. The molecule has 2 fully saturated rings. The van der Waals surface area contributed by atoms with Gasteiger partial charge >= 0.3 is 0 Å². The van der Waals surface area contributed by atoms with Crippen LogP contribution >= 0.6 is 0 Å². The molecule has 2 aromatic carbocycles. The van der Waals surface area contributed by atoms with Gasteiger partial charge in [0.15, 0.2) is 0 Å². The third-order valence-electron chi connectivity index (χ3n) is 5.87. The molecule has 0 aromatic heterocycles. The molecule has 2 unspecified atom stereocenters. The zero-order valence-corrected chi connectivity index (χ0v) is 15.0. The van der Waals surface area contributed by atoms with Gasteiger partial charge in [-0.25, -0.2) is 0 Å². The third kappa shape index (κ3) is 3.37. The molecule has 0 saturated carbocycles. The highest BCUT2D eigenvalue weighted by Crippen LogP contribution is 2.39. The van der Waals surface area contributed by atoms with Gasteiger partial charge in [0.05, 0.1) is 11.0 Å². The normalized spacial score (nSPS) is 26.6. The van der Waals surface area contributed by atoms with Crippen molar-refractivity contribution in [1.29, 1.82) is 0 Å². The van der Waals surface area contributed by atoms with Crippen LogP contribution < -0.4 is 0 Å². The molecule has 2 aliphatic heterocycles. The van der Waals surface area contributed by atoms with Crippen LogP contribution in [0.1, 0.15) is 42.9 Å². The van der Waals surface area contributed by atoms with E-state index in [0.717, 1.165) is 24.0 Å². The number of nitro groups is 1. The van der Waals surface area contributed by atoms with Crippen molar-refractivity contribution in [3.05, 3.63) is 75.8 Å². The molecule has 4 rings (SSSR count). The first-order chi connectivity index (χ1) is 12.6. The van der Waals surface area contributed by atoms with Crippen molar-refractivity contribution in [1.82, 2.24) is 4.90 Å². The molecule has 2 bridgehead atoms. The minimum atomic E-state index is -0.346. The average molecular weight is 352 g/mol. The van der Waals surface area contributed by atoms with Crippen LogP contribution in [0.2, 0.25) is 0 Å². The molecule has 4 atom stereocenters. The quantitative estimate of drug-likeness (QED) is 0.594. The van der Waals surface area contributed by atoms with Crippen molar-refractivity contribution in [2.45, 2.75) is 50.0 Å². The Morgan fingerprint density at radius 3 is 2.35 bits per heavy atom. The van der Waals surface area contributed by atoms with Crippen molar-refractivity contribution in [3.8, 4) is 0 Å². The van der Waals surface area contributed by atoms with E-state index in [4.69, 9.17) is 4.74 Å². The molecule has 5 heteroatoms. The lowest BCUT2D eigenvalue weighted by atomic mass is 9.97. The van der Waals surface area contributed by atoms with Gasteiger partial charge in [0.25, 0.3) is 5.69 Å². The second kappa shape index (κ2) is 7.17. The van der Waals surface area contributed by atoms with E-state index >= 15 is 0 Å². The van der Waals surface area contributed by atoms with Crippen LogP contribution in [0.5, 0.6) is 0 Å². The zero-order chi connectivity index (χ0) is 18.1. The number of ether oxygens (including phenoxy) is 1. The molecular formula is C21H24N2O3. The van der Waals surface area contributed by atoms with E-state index in [-0.39, 0.29) is 22.8 Å². The summed E-state index contributed by atoms with van der Waals surface area (Å²) in [5.74, 6) is 0. The van der Waals surface area contributed by atoms with E-state index in [1.54, 1.807) is 12.1 Å². The number of non-ortho nitro benzene ring substituents is 1. The number of hydrogen-bond acceptors (Lipinski definition) is 4. The number of fused-ring (bicyclic) bond motifs is 2. The summed E-state index contributed by atoms with van der Waals surface area (Å²) in [5.41, 5.74) is 1.99. The average Bonchev–Trinajstić information content (AvgIpc) is 2.88. The zero-order valence-electron chi connectivity index (χ0n) is 15.0. The number of rotatable bonds is 5. The van der Waals surface area contributed by atoms with Crippen LogP contribution in [0.3, 0.4) is 0 Å². The fourth-order valence-electron chi connectivity index (χ4n) is 4.44. The molecule has 2 aliphatic rings. The summed E-state index contributed by atoms with van der Waals surface area (Å²) in [7, 11) is 2.22. The van der Waals surface area contributed by atoms with Gasteiger partial charge in [-0.15, -0.1) is 0 Å². The number of hydrogen-bond donors (Lipinski definition) is 0. The van der Waals surface area contributed by atoms with Crippen LogP contribution in [0.15, 0.2) is 54.6 Å². The molecule has 2 saturated heterocycles. The number of nitro benzene ring substituents is 1. The molecule has 136 valence electrons. The summed E-state index contributed by atoms with van der Waals surface area (Å²) < 4.78 is 6.58. The minimum Gasteiger partial charge on any atom is -0.365 e. The highest BCUT2D eigenvalue weighted by atomic mass is 16.6. The van der Waals surface area contributed by atoms with Gasteiger partial charge in [-0.2, -0.15) is 0 Å². The molecule has 2 aromatic rings. The molecular weight excluding hydrogens is 328 g/mol. The fourth-order valence-corrected chi connectivity index (χ4v) is 4.44. The lowest BCUT2D eigenvalue weighted by Crippen LogP contribution is -2.43. The van der Waals surface area contributed by atoms with Crippen LogP contribution in [0, 0.1) is 10.1 Å².